The molecular weight excluding hydrogens is 359 g/mol. The van der Waals surface area contributed by atoms with Crippen molar-refractivity contribution in [3.8, 4) is 0 Å². The van der Waals surface area contributed by atoms with Crippen molar-refractivity contribution in [1.82, 2.24) is 0 Å². The van der Waals surface area contributed by atoms with Crippen LogP contribution in [-0.4, -0.2) is 0 Å². The average molecular weight is 368 g/mol. The molecular formula is C12H9BrCl2S2. The van der Waals surface area contributed by atoms with Gasteiger partial charge in [-0.05, 0) is 37.0 Å². The quantitative estimate of drug-likeness (QED) is 0.563. The Morgan fingerprint density at radius 2 is 2.00 bits per heavy atom. The molecule has 0 amide bonds. The highest BCUT2D eigenvalue weighted by Crippen LogP contribution is 2.45. The van der Waals surface area contributed by atoms with E-state index >= 15 is 0 Å². The Kier molecular flexibility index (Phi) is 3.57. The molecule has 1 aliphatic carbocycles. The second-order valence-corrected chi connectivity index (χ2v) is 8.46. The third-order valence-electron chi connectivity index (χ3n) is 2.97. The first kappa shape index (κ1) is 12.5. The fourth-order valence-corrected chi connectivity index (χ4v) is 6.00. The fourth-order valence-electron chi connectivity index (χ4n) is 2.16. The smallest absolute Gasteiger partial charge is 0.0991 e. The first-order valence-corrected chi connectivity index (χ1v) is 8.66. The fraction of sp³-hybridized carbons (Fsp3) is 0.333. The number of alkyl halides is 1. The van der Waals surface area contributed by atoms with E-state index < -0.39 is 0 Å². The van der Waals surface area contributed by atoms with Gasteiger partial charge in [0.25, 0.3) is 0 Å². The molecule has 0 nitrogen and oxygen atoms in total. The molecule has 1 atom stereocenters. The van der Waals surface area contributed by atoms with Gasteiger partial charge in [-0.2, -0.15) is 0 Å². The number of rotatable bonds is 2. The van der Waals surface area contributed by atoms with Crippen molar-refractivity contribution in [3.63, 3.8) is 0 Å². The summed E-state index contributed by atoms with van der Waals surface area (Å²) < 4.78 is 1.53. The lowest BCUT2D eigenvalue weighted by atomic mass is 10.2. The maximum atomic E-state index is 6.19. The van der Waals surface area contributed by atoms with Crippen molar-refractivity contribution >= 4 is 61.8 Å². The Labute approximate surface area is 127 Å². The van der Waals surface area contributed by atoms with Gasteiger partial charge in [-0.25, -0.2) is 0 Å². The summed E-state index contributed by atoms with van der Waals surface area (Å²) in [6.07, 6.45) is 3.76. The van der Waals surface area contributed by atoms with Crippen molar-refractivity contribution < 1.29 is 0 Å². The number of thiophene rings is 2. The number of fused-ring (bicyclic) bond motifs is 1. The highest BCUT2D eigenvalue weighted by Gasteiger charge is 2.22. The molecule has 17 heavy (non-hydrogen) atoms. The Hall–Kier alpha value is 0.460. The first-order valence-electron chi connectivity index (χ1n) is 5.35. The lowest BCUT2D eigenvalue weighted by Gasteiger charge is -2.06. The SMILES string of the molecule is Clc1cc(C(Br)c2cc3c(s2)CCC3)c(Cl)s1. The molecule has 2 heterocycles. The molecule has 0 spiro atoms. The zero-order chi connectivity index (χ0) is 12.0. The van der Waals surface area contributed by atoms with E-state index in [4.69, 9.17) is 23.2 Å². The minimum Gasteiger partial charge on any atom is -0.144 e. The molecule has 0 fully saturated rings. The van der Waals surface area contributed by atoms with Crippen LogP contribution >= 0.6 is 61.8 Å². The molecule has 90 valence electrons. The summed E-state index contributed by atoms with van der Waals surface area (Å²) in [5, 5.41) is 0. The van der Waals surface area contributed by atoms with E-state index in [0.29, 0.717) is 0 Å². The molecule has 0 bridgehead atoms. The summed E-state index contributed by atoms with van der Waals surface area (Å²) in [5.41, 5.74) is 2.61. The lowest BCUT2D eigenvalue weighted by molar-refractivity contribution is 0.913. The topological polar surface area (TPSA) is 0 Å². The number of hydrogen-bond donors (Lipinski definition) is 0. The zero-order valence-corrected chi connectivity index (χ0v) is 13.5. The molecule has 5 heteroatoms. The van der Waals surface area contributed by atoms with Gasteiger partial charge in [-0.3, -0.25) is 0 Å². The van der Waals surface area contributed by atoms with Crippen molar-refractivity contribution in [1.29, 1.82) is 0 Å². The van der Waals surface area contributed by atoms with Crippen LogP contribution in [0.1, 0.15) is 32.1 Å². The van der Waals surface area contributed by atoms with E-state index in [0.717, 1.165) is 14.2 Å². The van der Waals surface area contributed by atoms with Gasteiger partial charge >= 0.3 is 0 Å². The second kappa shape index (κ2) is 4.86. The van der Waals surface area contributed by atoms with E-state index in [1.54, 1.807) is 4.88 Å². The Morgan fingerprint density at radius 3 is 2.65 bits per heavy atom. The summed E-state index contributed by atoms with van der Waals surface area (Å²) in [6, 6.07) is 4.27. The Bertz CT molecular complexity index is 537. The molecule has 0 saturated heterocycles. The monoisotopic (exact) mass is 366 g/mol. The maximum Gasteiger partial charge on any atom is 0.0991 e. The van der Waals surface area contributed by atoms with Crippen LogP contribution in [0.3, 0.4) is 0 Å². The van der Waals surface area contributed by atoms with Crippen LogP contribution < -0.4 is 0 Å². The third-order valence-corrected chi connectivity index (χ3v) is 7.08. The molecule has 3 rings (SSSR count). The summed E-state index contributed by atoms with van der Waals surface area (Å²) in [5.74, 6) is 0. The molecule has 0 saturated carbocycles. The van der Waals surface area contributed by atoms with Crippen LogP contribution in [0, 0.1) is 0 Å². The summed E-state index contributed by atoms with van der Waals surface area (Å²) in [6.45, 7) is 0. The molecule has 2 aromatic heterocycles. The molecule has 0 N–H and O–H groups in total. The van der Waals surface area contributed by atoms with Gasteiger partial charge in [0, 0.05) is 15.3 Å². The lowest BCUT2D eigenvalue weighted by Crippen LogP contribution is -1.87. The van der Waals surface area contributed by atoms with E-state index in [9.17, 15) is 0 Å². The van der Waals surface area contributed by atoms with Gasteiger partial charge in [-0.1, -0.05) is 39.1 Å². The number of hydrogen-bond acceptors (Lipinski definition) is 2. The predicted octanol–water partition coefficient (Wildman–Crippen LogP) is 6.09. The van der Waals surface area contributed by atoms with Gasteiger partial charge in [0.2, 0.25) is 0 Å². The van der Waals surface area contributed by atoms with Crippen LogP contribution in [0.2, 0.25) is 8.67 Å². The summed E-state index contributed by atoms with van der Waals surface area (Å²) in [4.78, 5) is 3.06. The second-order valence-electron chi connectivity index (χ2n) is 4.09. The Balaban J connectivity index is 1.95. The van der Waals surface area contributed by atoms with E-state index in [2.05, 4.69) is 22.0 Å². The Morgan fingerprint density at radius 1 is 1.18 bits per heavy atom. The molecule has 0 radical (unpaired) electrons. The van der Waals surface area contributed by atoms with Crippen LogP contribution in [0.15, 0.2) is 12.1 Å². The minimum absolute atomic E-state index is 0.175. The van der Waals surface area contributed by atoms with Crippen LogP contribution in [-0.2, 0) is 12.8 Å². The van der Waals surface area contributed by atoms with Gasteiger partial charge < -0.3 is 0 Å². The minimum atomic E-state index is 0.175. The van der Waals surface area contributed by atoms with Gasteiger partial charge in [0.1, 0.15) is 0 Å². The van der Waals surface area contributed by atoms with Crippen LogP contribution in [0.25, 0.3) is 0 Å². The van der Waals surface area contributed by atoms with Gasteiger partial charge in [0.05, 0.1) is 13.5 Å². The van der Waals surface area contributed by atoms with Crippen LogP contribution in [0.5, 0.6) is 0 Å². The van der Waals surface area contributed by atoms with Gasteiger partial charge in [-0.15, -0.1) is 22.7 Å². The van der Waals surface area contributed by atoms with Crippen molar-refractivity contribution in [2.24, 2.45) is 0 Å². The summed E-state index contributed by atoms with van der Waals surface area (Å²) in [7, 11) is 0. The van der Waals surface area contributed by atoms with Gasteiger partial charge in [0.15, 0.2) is 0 Å². The van der Waals surface area contributed by atoms with Crippen molar-refractivity contribution in [3.05, 3.63) is 41.7 Å². The van der Waals surface area contributed by atoms with Crippen LogP contribution in [0.4, 0.5) is 0 Å². The third kappa shape index (κ3) is 2.33. The van der Waals surface area contributed by atoms with E-state index in [1.165, 1.54) is 41.0 Å². The average Bonchev–Trinajstić information content (AvgIpc) is 2.90. The molecule has 2 aromatic rings. The summed E-state index contributed by atoms with van der Waals surface area (Å²) >= 11 is 19.2. The highest BCUT2D eigenvalue weighted by atomic mass is 79.9. The van der Waals surface area contributed by atoms with Crippen molar-refractivity contribution in [2.75, 3.05) is 0 Å². The van der Waals surface area contributed by atoms with E-state index in [-0.39, 0.29) is 4.83 Å². The maximum absolute atomic E-state index is 6.19. The highest BCUT2D eigenvalue weighted by molar-refractivity contribution is 9.09. The molecule has 1 unspecified atom stereocenters. The molecule has 1 aliphatic rings. The standard InChI is InChI=1S/C12H9BrCl2S2/c13-11(7-5-10(14)17-12(7)15)9-4-6-2-1-3-8(6)16-9/h4-5,11H,1-3H2. The van der Waals surface area contributed by atoms with E-state index in [1.807, 2.05) is 17.4 Å². The predicted molar refractivity (Wildman–Crippen MR) is 81.5 cm³/mol. The molecule has 0 aliphatic heterocycles. The van der Waals surface area contributed by atoms with Crippen molar-refractivity contribution in [2.45, 2.75) is 24.1 Å². The number of halogens is 3. The number of aryl methyl sites for hydroxylation is 2. The molecule has 0 aromatic carbocycles. The normalized spacial score (nSPS) is 16.2. The first-order chi connectivity index (χ1) is 8.15. The zero-order valence-electron chi connectivity index (χ0n) is 8.80. The largest absolute Gasteiger partial charge is 0.144 e.